The second kappa shape index (κ2) is 5.07. The number of carbonyl (C=O) groups excluding carboxylic acids is 1. The van der Waals surface area contributed by atoms with Crippen LogP contribution >= 0.6 is 0 Å². The highest BCUT2D eigenvalue weighted by atomic mass is 19.1. The molecule has 104 valence electrons. The number of aromatic nitrogens is 2. The topological polar surface area (TPSA) is 44.1 Å². The van der Waals surface area contributed by atoms with E-state index in [0.29, 0.717) is 18.4 Å². The van der Waals surface area contributed by atoms with Crippen molar-refractivity contribution in [2.45, 2.75) is 32.4 Å². The van der Waals surface area contributed by atoms with Crippen LogP contribution in [0.5, 0.6) is 5.75 Å². The van der Waals surface area contributed by atoms with Crippen LogP contribution in [0.1, 0.15) is 41.9 Å². The Hall–Kier alpha value is -2.17. The number of rotatable bonds is 5. The van der Waals surface area contributed by atoms with Crippen molar-refractivity contribution in [3.63, 3.8) is 0 Å². The fraction of sp³-hybridized carbons (Fsp3) is 0.333. The SMILES string of the molecule is CC(=O)c1cc(F)ccc1OCc1cncn1C1CC1. The minimum absolute atomic E-state index is 0.213. The number of ether oxygens (including phenoxy) is 1. The van der Waals surface area contributed by atoms with Crippen molar-refractivity contribution in [2.75, 3.05) is 0 Å². The molecular formula is C15H15FN2O2. The van der Waals surface area contributed by atoms with E-state index in [-0.39, 0.29) is 11.3 Å². The molecule has 0 aliphatic heterocycles. The van der Waals surface area contributed by atoms with Gasteiger partial charge in [0.15, 0.2) is 5.78 Å². The van der Waals surface area contributed by atoms with Gasteiger partial charge in [-0.25, -0.2) is 9.37 Å². The van der Waals surface area contributed by atoms with Gasteiger partial charge >= 0.3 is 0 Å². The number of hydrogen-bond donors (Lipinski definition) is 0. The molecule has 1 aliphatic carbocycles. The summed E-state index contributed by atoms with van der Waals surface area (Å²) in [5.74, 6) is -0.247. The van der Waals surface area contributed by atoms with Gasteiger partial charge in [-0.05, 0) is 38.0 Å². The van der Waals surface area contributed by atoms with Crippen LogP contribution in [0.4, 0.5) is 4.39 Å². The van der Waals surface area contributed by atoms with E-state index in [1.54, 1.807) is 12.5 Å². The lowest BCUT2D eigenvalue weighted by Gasteiger charge is -2.11. The van der Waals surface area contributed by atoms with Crippen molar-refractivity contribution in [1.29, 1.82) is 0 Å². The van der Waals surface area contributed by atoms with Crippen LogP contribution in [0.2, 0.25) is 0 Å². The minimum Gasteiger partial charge on any atom is -0.487 e. The van der Waals surface area contributed by atoms with E-state index < -0.39 is 5.82 Å². The normalized spacial score (nSPS) is 14.3. The van der Waals surface area contributed by atoms with E-state index in [9.17, 15) is 9.18 Å². The van der Waals surface area contributed by atoms with E-state index in [0.717, 1.165) is 5.69 Å². The number of ketones is 1. The molecule has 0 N–H and O–H groups in total. The zero-order valence-corrected chi connectivity index (χ0v) is 11.2. The minimum atomic E-state index is -0.439. The first-order chi connectivity index (χ1) is 9.65. The first-order valence-electron chi connectivity index (χ1n) is 6.59. The molecule has 4 nitrogen and oxygen atoms in total. The molecule has 2 aromatic rings. The number of Topliss-reactive ketones (excluding diaryl/α,β-unsaturated/α-hetero) is 1. The molecule has 3 rings (SSSR count). The Morgan fingerprint density at radius 3 is 3.00 bits per heavy atom. The summed E-state index contributed by atoms with van der Waals surface area (Å²) >= 11 is 0. The van der Waals surface area contributed by atoms with Gasteiger partial charge in [0, 0.05) is 6.04 Å². The van der Waals surface area contributed by atoms with Gasteiger partial charge in [0.05, 0.1) is 23.8 Å². The Morgan fingerprint density at radius 1 is 1.50 bits per heavy atom. The first kappa shape index (κ1) is 12.8. The molecule has 1 aliphatic rings. The Kier molecular flexibility index (Phi) is 3.26. The highest BCUT2D eigenvalue weighted by Crippen LogP contribution is 2.35. The van der Waals surface area contributed by atoms with Crippen LogP contribution in [-0.4, -0.2) is 15.3 Å². The number of benzene rings is 1. The van der Waals surface area contributed by atoms with Crippen molar-refractivity contribution in [3.05, 3.63) is 47.8 Å². The van der Waals surface area contributed by atoms with Crippen molar-refractivity contribution in [2.24, 2.45) is 0 Å². The maximum Gasteiger partial charge on any atom is 0.163 e. The van der Waals surface area contributed by atoms with Crippen LogP contribution in [0.15, 0.2) is 30.7 Å². The van der Waals surface area contributed by atoms with E-state index in [1.165, 1.54) is 38.0 Å². The number of nitrogens with zero attached hydrogens (tertiary/aromatic N) is 2. The number of imidazole rings is 1. The molecule has 1 saturated carbocycles. The maximum atomic E-state index is 13.2. The van der Waals surface area contributed by atoms with E-state index in [4.69, 9.17) is 4.74 Å². The average molecular weight is 274 g/mol. The highest BCUT2D eigenvalue weighted by Gasteiger charge is 2.25. The molecule has 1 aromatic heterocycles. The Balaban J connectivity index is 1.78. The molecule has 0 radical (unpaired) electrons. The Morgan fingerprint density at radius 2 is 2.30 bits per heavy atom. The van der Waals surface area contributed by atoms with E-state index in [2.05, 4.69) is 9.55 Å². The largest absolute Gasteiger partial charge is 0.487 e. The van der Waals surface area contributed by atoms with Gasteiger partial charge < -0.3 is 9.30 Å². The Labute approximate surface area is 116 Å². The molecule has 5 heteroatoms. The molecule has 0 saturated heterocycles. The van der Waals surface area contributed by atoms with Crippen LogP contribution in [0.25, 0.3) is 0 Å². The summed E-state index contributed by atoms with van der Waals surface area (Å²) < 4.78 is 20.9. The third-order valence-electron chi connectivity index (χ3n) is 3.38. The molecule has 0 bridgehead atoms. The number of hydrogen-bond acceptors (Lipinski definition) is 3. The van der Waals surface area contributed by atoms with Crippen molar-refractivity contribution in [1.82, 2.24) is 9.55 Å². The number of carbonyl (C=O) groups is 1. The smallest absolute Gasteiger partial charge is 0.163 e. The first-order valence-corrected chi connectivity index (χ1v) is 6.59. The third-order valence-corrected chi connectivity index (χ3v) is 3.38. The second-order valence-electron chi connectivity index (χ2n) is 5.01. The van der Waals surface area contributed by atoms with Crippen LogP contribution in [0.3, 0.4) is 0 Å². The highest BCUT2D eigenvalue weighted by molar-refractivity contribution is 5.96. The summed E-state index contributed by atoms with van der Waals surface area (Å²) in [5, 5.41) is 0. The summed E-state index contributed by atoms with van der Waals surface area (Å²) in [6.45, 7) is 1.72. The second-order valence-corrected chi connectivity index (χ2v) is 5.01. The monoisotopic (exact) mass is 274 g/mol. The van der Waals surface area contributed by atoms with Crippen molar-refractivity contribution in [3.8, 4) is 5.75 Å². The fourth-order valence-corrected chi connectivity index (χ4v) is 2.18. The average Bonchev–Trinajstić information content (AvgIpc) is 3.16. The van der Waals surface area contributed by atoms with Crippen molar-refractivity contribution < 1.29 is 13.9 Å². The van der Waals surface area contributed by atoms with E-state index >= 15 is 0 Å². The number of halogens is 1. The van der Waals surface area contributed by atoms with Crippen LogP contribution in [0, 0.1) is 5.82 Å². The van der Waals surface area contributed by atoms with Crippen molar-refractivity contribution >= 4 is 5.78 Å². The molecule has 1 heterocycles. The summed E-state index contributed by atoms with van der Waals surface area (Å²) in [6.07, 6.45) is 5.89. The van der Waals surface area contributed by atoms with E-state index in [1.807, 2.05) is 0 Å². The quantitative estimate of drug-likeness (QED) is 0.787. The van der Waals surface area contributed by atoms with Gasteiger partial charge in [-0.2, -0.15) is 0 Å². The molecule has 1 aromatic carbocycles. The molecule has 20 heavy (non-hydrogen) atoms. The van der Waals surface area contributed by atoms with Gasteiger partial charge in [-0.3, -0.25) is 4.79 Å². The zero-order chi connectivity index (χ0) is 14.1. The molecule has 0 atom stereocenters. The molecule has 0 amide bonds. The molecule has 0 spiro atoms. The summed E-state index contributed by atoms with van der Waals surface area (Å²) in [7, 11) is 0. The predicted molar refractivity (Wildman–Crippen MR) is 71.2 cm³/mol. The molecule has 0 unspecified atom stereocenters. The summed E-state index contributed by atoms with van der Waals surface area (Å²) in [5.41, 5.74) is 1.23. The van der Waals surface area contributed by atoms with Crippen LogP contribution in [-0.2, 0) is 6.61 Å². The predicted octanol–water partition coefficient (Wildman–Crippen LogP) is 3.14. The fourth-order valence-electron chi connectivity index (χ4n) is 2.18. The lowest BCUT2D eigenvalue weighted by molar-refractivity contribution is 0.101. The lowest BCUT2D eigenvalue weighted by atomic mass is 10.1. The Bertz CT molecular complexity index is 647. The standard InChI is InChI=1S/C15H15FN2O2/c1-10(19)14-6-11(16)2-5-15(14)20-8-13-7-17-9-18(13)12-3-4-12/h2,5-7,9,12H,3-4,8H2,1H3. The van der Waals surface area contributed by atoms with Gasteiger partial charge in [0.25, 0.3) is 0 Å². The summed E-state index contributed by atoms with van der Waals surface area (Å²) in [4.78, 5) is 15.6. The van der Waals surface area contributed by atoms with Crippen LogP contribution < -0.4 is 4.74 Å². The zero-order valence-electron chi connectivity index (χ0n) is 11.2. The summed E-state index contributed by atoms with van der Waals surface area (Å²) in [6, 6.07) is 4.51. The van der Waals surface area contributed by atoms with Gasteiger partial charge in [-0.1, -0.05) is 0 Å². The van der Waals surface area contributed by atoms with Gasteiger partial charge in [-0.15, -0.1) is 0 Å². The molecule has 1 fully saturated rings. The van der Waals surface area contributed by atoms with Gasteiger partial charge in [0.2, 0.25) is 0 Å². The third kappa shape index (κ3) is 2.57. The molecular weight excluding hydrogens is 259 g/mol. The van der Waals surface area contributed by atoms with Gasteiger partial charge in [0.1, 0.15) is 18.2 Å². The maximum absolute atomic E-state index is 13.2. The lowest BCUT2D eigenvalue weighted by Crippen LogP contribution is -2.06.